The van der Waals surface area contributed by atoms with Crippen LogP contribution in [0.25, 0.3) is 0 Å². The highest BCUT2D eigenvalue weighted by atomic mass is 32.2. The molecule has 0 aliphatic carbocycles. The molecule has 4 nitrogen and oxygen atoms in total. The first kappa shape index (κ1) is 10.7. The highest BCUT2D eigenvalue weighted by Crippen LogP contribution is 2.22. The molecule has 16 heavy (non-hydrogen) atoms. The van der Waals surface area contributed by atoms with E-state index in [2.05, 4.69) is 16.2 Å². The van der Waals surface area contributed by atoms with Crippen LogP contribution in [0.5, 0.6) is 0 Å². The van der Waals surface area contributed by atoms with Crippen molar-refractivity contribution >= 4 is 15.9 Å². The van der Waals surface area contributed by atoms with E-state index in [0.29, 0.717) is 11.1 Å². The second-order valence-electron chi connectivity index (χ2n) is 3.42. The van der Waals surface area contributed by atoms with E-state index in [0.717, 1.165) is 5.56 Å². The zero-order chi connectivity index (χ0) is 11.8. The van der Waals surface area contributed by atoms with Gasteiger partial charge in [-0.1, -0.05) is 18.1 Å². The lowest BCUT2D eigenvalue weighted by Crippen LogP contribution is -2.24. The molecule has 0 fully saturated rings. The lowest BCUT2D eigenvalue weighted by Gasteiger charge is -2.15. The number of nitrogens with two attached hydrogens (primary N) is 1. The third-order valence-corrected chi connectivity index (χ3v) is 3.39. The number of fused-ring (bicyclic) bond motifs is 1. The molecule has 1 aromatic rings. The van der Waals surface area contributed by atoms with Gasteiger partial charge in [-0.05, 0) is 18.6 Å². The Hall–Kier alpha value is -1.80. The van der Waals surface area contributed by atoms with Gasteiger partial charge in [-0.2, -0.15) is 0 Å². The minimum Gasteiger partial charge on any atom is -0.382 e. The standard InChI is InChI=1S/C11H10N2O2S/c1-2-4-8-5-3-6-9-7-16(14,15)13-11(12)10(8)9/h3,5-6H,7H2,1H3,(H2,12,13). The molecule has 82 valence electrons. The van der Waals surface area contributed by atoms with Crippen molar-refractivity contribution in [2.75, 3.05) is 0 Å². The van der Waals surface area contributed by atoms with Gasteiger partial charge in [-0.25, -0.2) is 8.42 Å². The van der Waals surface area contributed by atoms with Gasteiger partial charge >= 0.3 is 0 Å². The van der Waals surface area contributed by atoms with Crippen molar-refractivity contribution in [3.8, 4) is 11.8 Å². The maximum absolute atomic E-state index is 11.4. The van der Waals surface area contributed by atoms with E-state index in [9.17, 15) is 8.42 Å². The highest BCUT2D eigenvalue weighted by molar-refractivity contribution is 7.89. The molecule has 1 aromatic carbocycles. The Labute approximate surface area is 94.2 Å². The van der Waals surface area contributed by atoms with Crippen LogP contribution >= 0.6 is 0 Å². The summed E-state index contributed by atoms with van der Waals surface area (Å²) in [6, 6.07) is 5.30. The first-order chi connectivity index (χ1) is 7.53. The Morgan fingerprint density at radius 1 is 1.44 bits per heavy atom. The van der Waals surface area contributed by atoms with Gasteiger partial charge in [0.05, 0.1) is 5.75 Å². The summed E-state index contributed by atoms with van der Waals surface area (Å²) >= 11 is 0. The monoisotopic (exact) mass is 234 g/mol. The summed E-state index contributed by atoms with van der Waals surface area (Å²) < 4.78 is 26.3. The van der Waals surface area contributed by atoms with Gasteiger partial charge in [0.1, 0.15) is 5.84 Å². The number of nitrogens with zero attached hydrogens (tertiary/aromatic N) is 1. The summed E-state index contributed by atoms with van der Waals surface area (Å²) in [5.41, 5.74) is 7.68. The first-order valence-corrected chi connectivity index (χ1v) is 6.27. The van der Waals surface area contributed by atoms with Crippen LogP contribution in [-0.2, 0) is 15.8 Å². The third kappa shape index (κ3) is 1.79. The second kappa shape index (κ2) is 3.65. The van der Waals surface area contributed by atoms with Crippen LogP contribution in [0.4, 0.5) is 0 Å². The molecule has 1 aliphatic rings. The Balaban J connectivity index is 2.73. The molecule has 5 heteroatoms. The predicted molar refractivity (Wildman–Crippen MR) is 62.3 cm³/mol. The number of rotatable bonds is 0. The number of sulfonamides is 1. The molecule has 0 unspecified atom stereocenters. The Morgan fingerprint density at radius 2 is 2.19 bits per heavy atom. The van der Waals surface area contributed by atoms with Crippen molar-refractivity contribution in [1.29, 1.82) is 0 Å². The summed E-state index contributed by atoms with van der Waals surface area (Å²) in [6.07, 6.45) is 0. The summed E-state index contributed by atoms with van der Waals surface area (Å²) in [5.74, 6) is 5.57. The predicted octanol–water partition coefficient (Wildman–Crippen LogP) is 0.607. The fourth-order valence-corrected chi connectivity index (χ4v) is 2.78. The molecule has 0 bridgehead atoms. The molecule has 1 heterocycles. The summed E-state index contributed by atoms with van der Waals surface area (Å²) in [7, 11) is -3.46. The average molecular weight is 234 g/mol. The lowest BCUT2D eigenvalue weighted by atomic mass is 10.0. The number of hydrogen-bond donors (Lipinski definition) is 1. The first-order valence-electron chi connectivity index (χ1n) is 4.66. The van der Waals surface area contributed by atoms with Crippen LogP contribution in [0, 0.1) is 11.8 Å². The summed E-state index contributed by atoms with van der Waals surface area (Å²) in [5, 5.41) is 0. The van der Waals surface area contributed by atoms with E-state index in [1.807, 2.05) is 0 Å². The quantitative estimate of drug-likeness (QED) is 0.668. The van der Waals surface area contributed by atoms with Crippen LogP contribution in [-0.4, -0.2) is 14.3 Å². The van der Waals surface area contributed by atoms with E-state index in [-0.39, 0.29) is 11.6 Å². The van der Waals surface area contributed by atoms with Gasteiger partial charge in [0, 0.05) is 11.1 Å². The SMILES string of the molecule is CC#Cc1cccc2c1C(N)=NS(=O)(=O)C2. The van der Waals surface area contributed by atoms with E-state index in [1.54, 1.807) is 25.1 Å². The third-order valence-electron chi connectivity index (χ3n) is 2.24. The summed E-state index contributed by atoms with van der Waals surface area (Å²) in [6.45, 7) is 1.71. The molecule has 0 saturated carbocycles. The maximum Gasteiger partial charge on any atom is 0.259 e. The smallest absolute Gasteiger partial charge is 0.259 e. The maximum atomic E-state index is 11.4. The molecule has 0 amide bonds. The Bertz CT molecular complexity index is 634. The Kier molecular flexibility index (Phi) is 2.44. The largest absolute Gasteiger partial charge is 0.382 e. The molecule has 0 atom stereocenters. The summed E-state index contributed by atoms with van der Waals surface area (Å²) in [4.78, 5) is 0. The number of hydrogen-bond acceptors (Lipinski definition) is 3. The Morgan fingerprint density at radius 3 is 2.88 bits per heavy atom. The molecule has 0 spiro atoms. The van der Waals surface area contributed by atoms with Crippen molar-refractivity contribution in [3.05, 3.63) is 34.9 Å². The van der Waals surface area contributed by atoms with Crippen LogP contribution in [0.3, 0.4) is 0 Å². The minimum absolute atomic E-state index is 0.0274. The van der Waals surface area contributed by atoms with Gasteiger partial charge < -0.3 is 5.73 Å². The zero-order valence-electron chi connectivity index (χ0n) is 8.69. The van der Waals surface area contributed by atoms with E-state index < -0.39 is 10.0 Å². The topological polar surface area (TPSA) is 72.5 Å². The van der Waals surface area contributed by atoms with Gasteiger partial charge in [0.25, 0.3) is 10.0 Å². The van der Waals surface area contributed by atoms with E-state index >= 15 is 0 Å². The molecular formula is C11H10N2O2S. The fraction of sp³-hybridized carbons (Fsp3) is 0.182. The van der Waals surface area contributed by atoms with Crippen molar-refractivity contribution in [3.63, 3.8) is 0 Å². The second-order valence-corrected chi connectivity index (χ2v) is 5.05. The lowest BCUT2D eigenvalue weighted by molar-refractivity contribution is 0.596. The molecular weight excluding hydrogens is 224 g/mol. The molecule has 0 radical (unpaired) electrons. The van der Waals surface area contributed by atoms with Crippen LogP contribution in [0.1, 0.15) is 23.6 Å². The van der Waals surface area contributed by atoms with Crippen LogP contribution in [0.15, 0.2) is 22.6 Å². The van der Waals surface area contributed by atoms with Gasteiger partial charge in [0.2, 0.25) is 0 Å². The molecule has 0 saturated heterocycles. The van der Waals surface area contributed by atoms with Gasteiger partial charge in [-0.15, -0.1) is 10.3 Å². The fourth-order valence-electron chi connectivity index (χ4n) is 1.69. The van der Waals surface area contributed by atoms with Gasteiger partial charge in [-0.3, -0.25) is 0 Å². The van der Waals surface area contributed by atoms with Crippen LogP contribution in [0.2, 0.25) is 0 Å². The molecule has 1 aliphatic heterocycles. The van der Waals surface area contributed by atoms with Crippen LogP contribution < -0.4 is 5.73 Å². The number of amidine groups is 1. The van der Waals surface area contributed by atoms with Crippen molar-refractivity contribution in [2.45, 2.75) is 12.7 Å². The van der Waals surface area contributed by atoms with E-state index in [4.69, 9.17) is 5.73 Å². The van der Waals surface area contributed by atoms with E-state index in [1.165, 1.54) is 0 Å². The van der Waals surface area contributed by atoms with Gasteiger partial charge in [0.15, 0.2) is 0 Å². The number of benzene rings is 1. The average Bonchev–Trinajstić information content (AvgIpc) is 2.15. The molecule has 0 aromatic heterocycles. The minimum atomic E-state index is -3.46. The zero-order valence-corrected chi connectivity index (χ0v) is 9.50. The molecule has 2 N–H and O–H groups in total. The van der Waals surface area contributed by atoms with Crippen molar-refractivity contribution < 1.29 is 8.42 Å². The highest BCUT2D eigenvalue weighted by Gasteiger charge is 2.23. The normalized spacial score (nSPS) is 16.7. The van der Waals surface area contributed by atoms with Crippen molar-refractivity contribution in [2.24, 2.45) is 10.1 Å². The molecule has 2 rings (SSSR count). The van der Waals surface area contributed by atoms with Crippen molar-refractivity contribution in [1.82, 2.24) is 0 Å².